The number of carbonyl (C=O) groups excluding carboxylic acids is 2. The summed E-state index contributed by atoms with van der Waals surface area (Å²) in [5.74, 6) is -0.962. The van der Waals surface area contributed by atoms with Crippen LogP contribution in [0.25, 0.3) is 5.57 Å². The van der Waals surface area contributed by atoms with Crippen LogP contribution in [-0.4, -0.2) is 12.0 Å². The summed E-state index contributed by atoms with van der Waals surface area (Å²) in [6.07, 6.45) is -0.851. The number of hydrogen-bond acceptors (Lipinski definition) is 4. The molecule has 1 aliphatic rings. The van der Waals surface area contributed by atoms with Gasteiger partial charge in [0.25, 0.3) is 0 Å². The first-order valence-corrected chi connectivity index (χ1v) is 7.01. The Labute approximate surface area is 137 Å². The van der Waals surface area contributed by atoms with Crippen LogP contribution in [0.1, 0.15) is 5.56 Å². The van der Waals surface area contributed by atoms with Crippen molar-refractivity contribution in [3.63, 3.8) is 0 Å². The lowest BCUT2D eigenvalue weighted by Crippen LogP contribution is -2.28. The number of allylic oxidation sites excluding steroid dienone is 1. The van der Waals surface area contributed by atoms with Gasteiger partial charge in [-0.25, -0.2) is 9.69 Å². The highest BCUT2D eigenvalue weighted by atomic mass is 35.5. The van der Waals surface area contributed by atoms with Gasteiger partial charge in [0.05, 0.1) is 5.69 Å². The Bertz CT molecular complexity index is 852. The van der Waals surface area contributed by atoms with Crippen molar-refractivity contribution in [2.45, 2.75) is 0 Å². The van der Waals surface area contributed by atoms with Crippen LogP contribution >= 0.6 is 11.6 Å². The van der Waals surface area contributed by atoms with E-state index in [4.69, 9.17) is 16.3 Å². The summed E-state index contributed by atoms with van der Waals surface area (Å²) in [6, 6.07) is 16.7. The summed E-state index contributed by atoms with van der Waals surface area (Å²) in [6.45, 7) is 0. The molecule has 0 N–H and O–H groups in total. The third-order valence-electron chi connectivity index (χ3n) is 3.26. The van der Waals surface area contributed by atoms with E-state index >= 15 is 0 Å². The highest BCUT2D eigenvalue weighted by molar-refractivity contribution is 6.31. The van der Waals surface area contributed by atoms with Crippen molar-refractivity contribution in [1.29, 1.82) is 5.26 Å². The van der Waals surface area contributed by atoms with Gasteiger partial charge in [0.15, 0.2) is 0 Å². The van der Waals surface area contributed by atoms with E-state index in [2.05, 4.69) is 0 Å². The number of cyclic esters (lactones) is 1. The Morgan fingerprint density at radius 2 is 1.70 bits per heavy atom. The molecule has 2 aromatic carbocycles. The number of carbonyl (C=O) groups is 2. The van der Waals surface area contributed by atoms with E-state index in [0.717, 1.165) is 4.90 Å². The molecule has 0 bridgehead atoms. The third kappa shape index (κ3) is 2.68. The van der Waals surface area contributed by atoms with Crippen molar-refractivity contribution in [1.82, 2.24) is 0 Å². The minimum absolute atomic E-state index is 0.0143. The van der Waals surface area contributed by atoms with Crippen LogP contribution < -0.4 is 4.90 Å². The molecule has 112 valence electrons. The zero-order valence-electron chi connectivity index (χ0n) is 11.7. The normalized spacial score (nSPS) is 16.1. The fraction of sp³-hybridized carbons (Fsp3) is 0. The second-order valence-electron chi connectivity index (χ2n) is 4.67. The maximum atomic E-state index is 12.5. The summed E-state index contributed by atoms with van der Waals surface area (Å²) in [7, 11) is 0. The molecule has 0 aromatic heterocycles. The Morgan fingerprint density at radius 1 is 1.04 bits per heavy atom. The number of nitriles is 1. The summed E-state index contributed by atoms with van der Waals surface area (Å²) in [4.78, 5) is 25.4. The standard InChI is InChI=1S/C17H9ClN2O3/c18-12-6-8-13(9-7-12)20-16(21)15(23-17(20)22)14(10-19)11-4-2-1-3-5-11/h1-9H/b15-14+. The predicted octanol–water partition coefficient (Wildman–Crippen LogP) is 3.76. The molecule has 2 amide bonds. The Morgan fingerprint density at radius 3 is 2.30 bits per heavy atom. The second kappa shape index (κ2) is 5.95. The van der Waals surface area contributed by atoms with Gasteiger partial charge in [-0.3, -0.25) is 4.79 Å². The second-order valence-corrected chi connectivity index (χ2v) is 5.10. The number of benzene rings is 2. The van der Waals surface area contributed by atoms with E-state index in [0.29, 0.717) is 16.3 Å². The Kier molecular flexibility index (Phi) is 3.83. The average Bonchev–Trinajstić information content (AvgIpc) is 2.85. The number of hydrogen-bond donors (Lipinski definition) is 0. The molecule has 1 aliphatic heterocycles. The lowest BCUT2D eigenvalue weighted by atomic mass is 10.1. The number of imide groups is 1. The number of halogens is 1. The zero-order chi connectivity index (χ0) is 16.4. The zero-order valence-corrected chi connectivity index (χ0v) is 12.4. The molecule has 0 unspecified atom stereocenters. The van der Waals surface area contributed by atoms with Crippen LogP contribution in [0.15, 0.2) is 60.4 Å². The van der Waals surface area contributed by atoms with Crippen LogP contribution in [0.5, 0.6) is 0 Å². The largest absolute Gasteiger partial charge is 0.427 e. The van der Waals surface area contributed by atoms with Crippen LogP contribution in [0.4, 0.5) is 10.5 Å². The molecular formula is C17H9ClN2O3. The number of rotatable bonds is 2. The minimum atomic E-state index is -0.851. The molecule has 0 saturated carbocycles. The van der Waals surface area contributed by atoms with Gasteiger partial charge in [0.1, 0.15) is 11.6 Å². The molecule has 23 heavy (non-hydrogen) atoms. The highest BCUT2D eigenvalue weighted by Crippen LogP contribution is 2.30. The predicted molar refractivity (Wildman–Crippen MR) is 84.4 cm³/mol. The third-order valence-corrected chi connectivity index (χ3v) is 3.51. The molecule has 0 radical (unpaired) electrons. The van der Waals surface area contributed by atoms with Crippen molar-refractivity contribution in [3.8, 4) is 6.07 Å². The van der Waals surface area contributed by atoms with Gasteiger partial charge in [-0.2, -0.15) is 5.26 Å². The van der Waals surface area contributed by atoms with Gasteiger partial charge in [-0.15, -0.1) is 0 Å². The number of ether oxygens (including phenoxy) is 1. The molecule has 0 atom stereocenters. The van der Waals surface area contributed by atoms with Crippen LogP contribution in [0.3, 0.4) is 0 Å². The minimum Gasteiger partial charge on any atom is -0.402 e. The van der Waals surface area contributed by atoms with E-state index in [9.17, 15) is 14.9 Å². The Hall–Kier alpha value is -3.10. The quantitative estimate of drug-likeness (QED) is 0.623. The van der Waals surface area contributed by atoms with Crippen molar-refractivity contribution in [2.75, 3.05) is 4.90 Å². The number of amides is 2. The monoisotopic (exact) mass is 324 g/mol. The van der Waals surface area contributed by atoms with E-state index in [1.807, 2.05) is 6.07 Å². The van der Waals surface area contributed by atoms with Gasteiger partial charge in [-0.05, 0) is 29.8 Å². The van der Waals surface area contributed by atoms with Crippen LogP contribution in [-0.2, 0) is 9.53 Å². The number of nitrogens with zero attached hydrogens (tertiary/aromatic N) is 2. The first kappa shape index (κ1) is 14.8. The molecule has 0 aliphatic carbocycles. The first-order chi connectivity index (χ1) is 11.1. The van der Waals surface area contributed by atoms with Gasteiger partial charge >= 0.3 is 12.0 Å². The lowest BCUT2D eigenvalue weighted by Gasteiger charge is -2.09. The molecular weight excluding hydrogens is 316 g/mol. The fourth-order valence-electron chi connectivity index (χ4n) is 2.18. The van der Waals surface area contributed by atoms with E-state index in [1.54, 1.807) is 42.5 Å². The van der Waals surface area contributed by atoms with E-state index in [-0.39, 0.29) is 11.3 Å². The molecule has 2 aromatic rings. The molecule has 1 fully saturated rings. The maximum Gasteiger partial charge on any atom is 0.427 e. The van der Waals surface area contributed by atoms with Gasteiger partial charge in [0.2, 0.25) is 5.76 Å². The lowest BCUT2D eigenvalue weighted by molar-refractivity contribution is -0.114. The van der Waals surface area contributed by atoms with Crippen molar-refractivity contribution in [2.24, 2.45) is 0 Å². The Balaban J connectivity index is 2.05. The summed E-state index contributed by atoms with van der Waals surface area (Å²) in [5, 5.41) is 9.83. The molecule has 0 spiro atoms. The molecule has 1 saturated heterocycles. The molecule has 5 nitrogen and oxygen atoms in total. The molecule has 6 heteroatoms. The average molecular weight is 325 g/mol. The van der Waals surface area contributed by atoms with E-state index in [1.165, 1.54) is 12.1 Å². The first-order valence-electron chi connectivity index (χ1n) is 6.63. The van der Waals surface area contributed by atoms with Crippen molar-refractivity contribution < 1.29 is 14.3 Å². The fourth-order valence-corrected chi connectivity index (χ4v) is 2.31. The molecule has 1 heterocycles. The summed E-state index contributed by atoms with van der Waals surface area (Å²) >= 11 is 5.80. The highest BCUT2D eigenvalue weighted by Gasteiger charge is 2.40. The number of anilines is 1. The van der Waals surface area contributed by atoms with Gasteiger partial charge in [0, 0.05) is 5.02 Å². The van der Waals surface area contributed by atoms with Crippen LogP contribution in [0, 0.1) is 11.3 Å². The molecule has 3 rings (SSSR count). The van der Waals surface area contributed by atoms with E-state index < -0.39 is 12.0 Å². The van der Waals surface area contributed by atoms with Crippen molar-refractivity contribution in [3.05, 3.63) is 70.9 Å². The van der Waals surface area contributed by atoms with Gasteiger partial charge < -0.3 is 4.74 Å². The van der Waals surface area contributed by atoms with Gasteiger partial charge in [-0.1, -0.05) is 41.9 Å². The topological polar surface area (TPSA) is 70.4 Å². The summed E-state index contributed by atoms with van der Waals surface area (Å²) in [5.41, 5.74) is 0.842. The summed E-state index contributed by atoms with van der Waals surface area (Å²) < 4.78 is 5.04. The smallest absolute Gasteiger partial charge is 0.402 e. The van der Waals surface area contributed by atoms with Crippen LogP contribution in [0.2, 0.25) is 5.02 Å². The SMILES string of the molecule is N#C/C(=C1\OC(=O)N(c2ccc(Cl)cc2)C1=O)c1ccccc1. The maximum absolute atomic E-state index is 12.5. The van der Waals surface area contributed by atoms with Crippen molar-refractivity contribution >= 4 is 34.9 Å².